The summed E-state index contributed by atoms with van der Waals surface area (Å²) in [6.07, 6.45) is 1.07. The maximum atomic E-state index is 5.93. The summed E-state index contributed by atoms with van der Waals surface area (Å²) in [5.74, 6) is 0.479. The zero-order valence-corrected chi connectivity index (χ0v) is 8.85. The molecular formula is C10H21NO. The van der Waals surface area contributed by atoms with Crippen LogP contribution >= 0.6 is 0 Å². The lowest BCUT2D eigenvalue weighted by Gasteiger charge is -2.29. The predicted molar refractivity (Wildman–Crippen MR) is 51.0 cm³/mol. The summed E-state index contributed by atoms with van der Waals surface area (Å²) in [7, 11) is 0. The summed E-state index contributed by atoms with van der Waals surface area (Å²) in [6, 6.07) is 0.224. The second-order valence-electron chi connectivity index (χ2n) is 5.13. The van der Waals surface area contributed by atoms with E-state index < -0.39 is 0 Å². The zero-order chi connectivity index (χ0) is 9.57. The highest BCUT2D eigenvalue weighted by molar-refractivity contribution is 4.97. The van der Waals surface area contributed by atoms with Gasteiger partial charge < -0.3 is 10.5 Å². The van der Waals surface area contributed by atoms with Gasteiger partial charge in [0, 0.05) is 12.0 Å². The fraction of sp³-hybridized carbons (Fsp3) is 1.00. The number of rotatable bonds is 1. The molecule has 1 saturated heterocycles. The molecule has 1 fully saturated rings. The summed E-state index contributed by atoms with van der Waals surface area (Å²) in [6.45, 7) is 10.6. The SMILES string of the molecule is CC(N)C1CC(C)(C)OC1(C)C. The Morgan fingerprint density at radius 2 is 1.83 bits per heavy atom. The van der Waals surface area contributed by atoms with Crippen molar-refractivity contribution in [1.82, 2.24) is 0 Å². The lowest BCUT2D eigenvalue weighted by atomic mass is 9.83. The molecule has 0 radical (unpaired) electrons. The third-order valence-corrected chi connectivity index (χ3v) is 2.78. The van der Waals surface area contributed by atoms with Crippen LogP contribution in [0.1, 0.15) is 41.0 Å². The molecule has 12 heavy (non-hydrogen) atoms. The molecular weight excluding hydrogens is 150 g/mol. The van der Waals surface area contributed by atoms with Gasteiger partial charge in [0.25, 0.3) is 0 Å². The molecule has 1 heterocycles. The van der Waals surface area contributed by atoms with Gasteiger partial charge in [-0.1, -0.05) is 0 Å². The van der Waals surface area contributed by atoms with Gasteiger partial charge in [-0.3, -0.25) is 0 Å². The van der Waals surface area contributed by atoms with E-state index in [0.717, 1.165) is 6.42 Å². The van der Waals surface area contributed by atoms with Crippen LogP contribution in [0.5, 0.6) is 0 Å². The Morgan fingerprint density at radius 1 is 1.33 bits per heavy atom. The summed E-state index contributed by atoms with van der Waals surface area (Å²) in [5, 5.41) is 0. The Kier molecular flexibility index (Phi) is 2.26. The van der Waals surface area contributed by atoms with E-state index in [0.29, 0.717) is 5.92 Å². The van der Waals surface area contributed by atoms with E-state index in [1.807, 2.05) is 0 Å². The molecule has 2 heteroatoms. The van der Waals surface area contributed by atoms with E-state index >= 15 is 0 Å². The van der Waals surface area contributed by atoms with Gasteiger partial charge in [0.2, 0.25) is 0 Å². The molecule has 0 amide bonds. The van der Waals surface area contributed by atoms with Crippen molar-refractivity contribution in [2.24, 2.45) is 11.7 Å². The van der Waals surface area contributed by atoms with Crippen LogP contribution in [-0.2, 0) is 4.74 Å². The van der Waals surface area contributed by atoms with Gasteiger partial charge in [-0.15, -0.1) is 0 Å². The molecule has 0 aromatic rings. The maximum absolute atomic E-state index is 5.93. The second kappa shape index (κ2) is 2.71. The van der Waals surface area contributed by atoms with Crippen molar-refractivity contribution in [1.29, 1.82) is 0 Å². The molecule has 0 saturated carbocycles. The van der Waals surface area contributed by atoms with Crippen LogP contribution in [0.4, 0.5) is 0 Å². The predicted octanol–water partition coefficient (Wildman–Crippen LogP) is 1.93. The van der Waals surface area contributed by atoms with Crippen LogP contribution in [0.2, 0.25) is 0 Å². The van der Waals surface area contributed by atoms with Crippen LogP contribution in [0.15, 0.2) is 0 Å². The van der Waals surface area contributed by atoms with Crippen molar-refractivity contribution in [3.63, 3.8) is 0 Å². The molecule has 1 rings (SSSR count). The van der Waals surface area contributed by atoms with Crippen LogP contribution in [-0.4, -0.2) is 17.2 Å². The average molecular weight is 171 g/mol. The van der Waals surface area contributed by atoms with E-state index in [1.165, 1.54) is 0 Å². The molecule has 2 atom stereocenters. The van der Waals surface area contributed by atoms with Gasteiger partial charge in [0.05, 0.1) is 11.2 Å². The lowest BCUT2D eigenvalue weighted by molar-refractivity contribution is -0.0760. The number of nitrogens with two attached hydrogens (primary N) is 1. The number of hydrogen-bond donors (Lipinski definition) is 1. The molecule has 2 N–H and O–H groups in total. The summed E-state index contributed by atoms with van der Waals surface area (Å²) < 4.78 is 5.93. The van der Waals surface area contributed by atoms with E-state index in [2.05, 4.69) is 34.6 Å². The number of hydrogen-bond acceptors (Lipinski definition) is 2. The molecule has 0 spiro atoms. The smallest absolute Gasteiger partial charge is 0.0677 e. The first-order valence-corrected chi connectivity index (χ1v) is 4.70. The average Bonchev–Trinajstić information content (AvgIpc) is 1.99. The molecule has 2 nitrogen and oxygen atoms in total. The Labute approximate surface area is 75.5 Å². The Bertz CT molecular complexity index is 173. The zero-order valence-electron chi connectivity index (χ0n) is 8.85. The van der Waals surface area contributed by atoms with Crippen LogP contribution < -0.4 is 5.73 Å². The summed E-state index contributed by atoms with van der Waals surface area (Å²) in [4.78, 5) is 0. The maximum Gasteiger partial charge on any atom is 0.0677 e. The fourth-order valence-corrected chi connectivity index (χ4v) is 2.42. The molecule has 0 aromatic carbocycles. The van der Waals surface area contributed by atoms with Gasteiger partial charge in [-0.05, 0) is 41.0 Å². The molecule has 0 aliphatic carbocycles. The fourth-order valence-electron chi connectivity index (χ4n) is 2.42. The minimum atomic E-state index is -0.0579. The molecule has 0 bridgehead atoms. The third-order valence-electron chi connectivity index (χ3n) is 2.78. The third kappa shape index (κ3) is 1.80. The first kappa shape index (κ1) is 10.0. The van der Waals surface area contributed by atoms with Crippen molar-refractivity contribution in [3.8, 4) is 0 Å². The summed E-state index contributed by atoms with van der Waals surface area (Å²) >= 11 is 0. The van der Waals surface area contributed by atoms with Crippen LogP contribution in [0, 0.1) is 5.92 Å². The molecule has 2 unspecified atom stereocenters. The van der Waals surface area contributed by atoms with E-state index in [1.54, 1.807) is 0 Å². The highest BCUT2D eigenvalue weighted by Gasteiger charge is 2.46. The number of ether oxygens (including phenoxy) is 1. The summed E-state index contributed by atoms with van der Waals surface area (Å²) in [5.41, 5.74) is 5.86. The van der Waals surface area contributed by atoms with E-state index in [9.17, 15) is 0 Å². The Morgan fingerprint density at radius 3 is 2.00 bits per heavy atom. The van der Waals surface area contributed by atoms with Crippen LogP contribution in [0.3, 0.4) is 0 Å². The highest BCUT2D eigenvalue weighted by atomic mass is 16.5. The van der Waals surface area contributed by atoms with Crippen molar-refractivity contribution in [3.05, 3.63) is 0 Å². The first-order chi connectivity index (χ1) is 5.25. The van der Waals surface area contributed by atoms with Crippen molar-refractivity contribution in [2.75, 3.05) is 0 Å². The Hall–Kier alpha value is -0.0800. The van der Waals surface area contributed by atoms with Gasteiger partial charge in [0.15, 0.2) is 0 Å². The van der Waals surface area contributed by atoms with Gasteiger partial charge in [0.1, 0.15) is 0 Å². The topological polar surface area (TPSA) is 35.2 Å². The standard InChI is InChI=1S/C10H21NO/c1-7(11)8-6-9(2,3)12-10(8,4)5/h7-8H,6,11H2,1-5H3. The van der Waals surface area contributed by atoms with Gasteiger partial charge in [-0.2, -0.15) is 0 Å². The van der Waals surface area contributed by atoms with E-state index in [4.69, 9.17) is 10.5 Å². The normalized spacial score (nSPS) is 35.0. The highest BCUT2D eigenvalue weighted by Crippen LogP contribution is 2.42. The quantitative estimate of drug-likeness (QED) is 0.654. The first-order valence-electron chi connectivity index (χ1n) is 4.70. The van der Waals surface area contributed by atoms with E-state index in [-0.39, 0.29) is 17.2 Å². The van der Waals surface area contributed by atoms with Crippen molar-refractivity contribution >= 4 is 0 Å². The minimum Gasteiger partial charge on any atom is -0.369 e. The second-order valence-corrected chi connectivity index (χ2v) is 5.13. The van der Waals surface area contributed by atoms with Gasteiger partial charge in [-0.25, -0.2) is 0 Å². The van der Waals surface area contributed by atoms with Crippen molar-refractivity contribution in [2.45, 2.75) is 58.3 Å². The molecule has 0 aromatic heterocycles. The largest absolute Gasteiger partial charge is 0.369 e. The molecule has 1 aliphatic heterocycles. The molecule has 72 valence electrons. The minimum absolute atomic E-state index is 0.00178. The monoisotopic (exact) mass is 171 g/mol. The van der Waals surface area contributed by atoms with Gasteiger partial charge >= 0.3 is 0 Å². The lowest BCUT2D eigenvalue weighted by Crippen LogP contribution is -2.39. The Balaban J connectivity index is 2.78. The molecule has 1 aliphatic rings. The van der Waals surface area contributed by atoms with Crippen molar-refractivity contribution < 1.29 is 4.74 Å². The van der Waals surface area contributed by atoms with Crippen LogP contribution in [0.25, 0.3) is 0 Å².